The SMILES string of the molecule is Cc1ncsc1NC(=O)c1ccccc1OCC(=O)Nc1ccc(Br)cc1. The van der Waals surface area contributed by atoms with Crippen LogP contribution in [0.2, 0.25) is 0 Å². The molecule has 8 heteroatoms. The number of halogens is 1. The van der Waals surface area contributed by atoms with Crippen LogP contribution in [0.3, 0.4) is 0 Å². The lowest BCUT2D eigenvalue weighted by atomic mass is 10.2. The highest BCUT2D eigenvalue weighted by atomic mass is 79.9. The maximum absolute atomic E-state index is 12.5. The number of ether oxygens (including phenoxy) is 1. The van der Waals surface area contributed by atoms with Gasteiger partial charge in [-0.15, -0.1) is 11.3 Å². The van der Waals surface area contributed by atoms with Crippen molar-refractivity contribution in [2.24, 2.45) is 0 Å². The fraction of sp³-hybridized carbons (Fsp3) is 0.105. The van der Waals surface area contributed by atoms with Gasteiger partial charge in [0.2, 0.25) is 0 Å². The lowest BCUT2D eigenvalue weighted by molar-refractivity contribution is -0.118. The number of nitrogens with zero attached hydrogens (tertiary/aromatic N) is 1. The van der Waals surface area contributed by atoms with E-state index in [1.165, 1.54) is 11.3 Å². The van der Waals surface area contributed by atoms with E-state index < -0.39 is 0 Å². The third-order valence-electron chi connectivity index (χ3n) is 3.59. The van der Waals surface area contributed by atoms with Gasteiger partial charge in [0.1, 0.15) is 10.8 Å². The van der Waals surface area contributed by atoms with Crippen molar-refractivity contribution < 1.29 is 14.3 Å². The number of benzene rings is 2. The normalized spacial score (nSPS) is 10.3. The molecular weight excluding hydrogens is 430 g/mol. The van der Waals surface area contributed by atoms with Gasteiger partial charge < -0.3 is 15.4 Å². The van der Waals surface area contributed by atoms with Crippen molar-refractivity contribution in [3.05, 3.63) is 69.8 Å². The minimum absolute atomic E-state index is 0.208. The van der Waals surface area contributed by atoms with Gasteiger partial charge in [-0.2, -0.15) is 0 Å². The largest absolute Gasteiger partial charge is 0.483 e. The van der Waals surface area contributed by atoms with E-state index in [-0.39, 0.29) is 18.4 Å². The van der Waals surface area contributed by atoms with E-state index in [0.717, 1.165) is 10.2 Å². The summed E-state index contributed by atoms with van der Waals surface area (Å²) in [7, 11) is 0. The molecule has 2 aromatic carbocycles. The number of thiazole rings is 1. The highest BCUT2D eigenvalue weighted by molar-refractivity contribution is 9.10. The zero-order chi connectivity index (χ0) is 19.2. The van der Waals surface area contributed by atoms with Crippen LogP contribution in [0, 0.1) is 6.92 Å². The van der Waals surface area contributed by atoms with Crippen LogP contribution in [0.25, 0.3) is 0 Å². The lowest BCUT2D eigenvalue weighted by Gasteiger charge is -2.11. The van der Waals surface area contributed by atoms with Crippen LogP contribution >= 0.6 is 27.3 Å². The first-order valence-electron chi connectivity index (χ1n) is 8.01. The van der Waals surface area contributed by atoms with Gasteiger partial charge in [0, 0.05) is 10.2 Å². The van der Waals surface area contributed by atoms with E-state index >= 15 is 0 Å². The predicted molar refractivity (Wildman–Crippen MR) is 110 cm³/mol. The summed E-state index contributed by atoms with van der Waals surface area (Å²) < 4.78 is 6.50. The smallest absolute Gasteiger partial charge is 0.262 e. The molecule has 0 spiro atoms. The second-order valence-electron chi connectivity index (χ2n) is 5.56. The molecular formula is C19H16BrN3O3S. The average molecular weight is 446 g/mol. The highest BCUT2D eigenvalue weighted by Gasteiger charge is 2.15. The Morgan fingerprint density at radius 1 is 1.11 bits per heavy atom. The molecule has 0 atom stereocenters. The maximum Gasteiger partial charge on any atom is 0.262 e. The van der Waals surface area contributed by atoms with Crippen LogP contribution in [0.15, 0.2) is 58.5 Å². The Labute approximate surface area is 168 Å². The van der Waals surface area contributed by atoms with Crippen LogP contribution in [-0.4, -0.2) is 23.4 Å². The summed E-state index contributed by atoms with van der Waals surface area (Å²) in [6.07, 6.45) is 0. The molecule has 3 rings (SSSR count). The molecule has 27 heavy (non-hydrogen) atoms. The van der Waals surface area contributed by atoms with Crippen LogP contribution in [0.4, 0.5) is 10.7 Å². The molecule has 3 aromatic rings. The Balaban J connectivity index is 1.63. The van der Waals surface area contributed by atoms with E-state index in [1.807, 2.05) is 19.1 Å². The number of aryl methyl sites for hydroxylation is 1. The van der Waals surface area contributed by atoms with Crippen molar-refractivity contribution in [1.29, 1.82) is 0 Å². The van der Waals surface area contributed by atoms with Gasteiger partial charge in [-0.25, -0.2) is 4.98 Å². The number of aromatic nitrogens is 1. The molecule has 0 saturated carbocycles. The summed E-state index contributed by atoms with van der Waals surface area (Å²) in [4.78, 5) is 28.7. The Kier molecular flexibility index (Phi) is 6.20. The van der Waals surface area contributed by atoms with E-state index in [2.05, 4.69) is 31.5 Å². The van der Waals surface area contributed by atoms with Crippen molar-refractivity contribution in [2.45, 2.75) is 6.92 Å². The van der Waals surface area contributed by atoms with Crippen molar-refractivity contribution in [3.8, 4) is 5.75 Å². The van der Waals surface area contributed by atoms with E-state index in [9.17, 15) is 9.59 Å². The molecule has 0 unspecified atom stereocenters. The maximum atomic E-state index is 12.5. The van der Waals surface area contributed by atoms with Crippen molar-refractivity contribution in [3.63, 3.8) is 0 Å². The number of hydrogen-bond acceptors (Lipinski definition) is 5. The van der Waals surface area contributed by atoms with E-state index in [4.69, 9.17) is 4.74 Å². The summed E-state index contributed by atoms with van der Waals surface area (Å²) in [6.45, 7) is 1.61. The van der Waals surface area contributed by atoms with Gasteiger partial charge in [-0.05, 0) is 43.3 Å². The molecule has 6 nitrogen and oxygen atoms in total. The third-order valence-corrected chi connectivity index (χ3v) is 4.96. The Morgan fingerprint density at radius 3 is 2.56 bits per heavy atom. The van der Waals surface area contributed by atoms with Gasteiger partial charge in [-0.1, -0.05) is 28.1 Å². The number of amides is 2. The second-order valence-corrected chi connectivity index (χ2v) is 7.33. The highest BCUT2D eigenvalue weighted by Crippen LogP contribution is 2.23. The van der Waals surface area contributed by atoms with Crippen LogP contribution < -0.4 is 15.4 Å². The fourth-order valence-corrected chi connectivity index (χ4v) is 3.20. The predicted octanol–water partition coefficient (Wildman–Crippen LogP) is 4.48. The number of nitrogens with one attached hydrogen (secondary N) is 2. The molecule has 0 bridgehead atoms. The monoisotopic (exact) mass is 445 g/mol. The molecule has 1 aromatic heterocycles. The standard InChI is InChI=1S/C19H16BrN3O3S/c1-12-19(27-11-21-12)23-18(25)15-4-2-3-5-16(15)26-10-17(24)22-14-8-6-13(20)7-9-14/h2-9,11H,10H2,1H3,(H,22,24)(H,23,25). The summed E-state index contributed by atoms with van der Waals surface area (Å²) >= 11 is 4.69. The van der Waals surface area contributed by atoms with E-state index in [1.54, 1.807) is 41.9 Å². The van der Waals surface area contributed by atoms with Crippen molar-refractivity contribution in [2.75, 3.05) is 17.2 Å². The topological polar surface area (TPSA) is 80.3 Å². The molecule has 2 N–H and O–H groups in total. The Morgan fingerprint density at radius 2 is 1.85 bits per heavy atom. The number of anilines is 2. The number of hydrogen-bond donors (Lipinski definition) is 2. The van der Waals surface area contributed by atoms with Gasteiger partial charge in [-0.3, -0.25) is 9.59 Å². The van der Waals surface area contributed by atoms with Crippen LogP contribution in [0.5, 0.6) is 5.75 Å². The molecule has 0 saturated heterocycles. The number of para-hydroxylation sites is 1. The minimum Gasteiger partial charge on any atom is -0.483 e. The zero-order valence-corrected chi connectivity index (χ0v) is 16.8. The first-order valence-corrected chi connectivity index (χ1v) is 9.69. The number of carbonyl (C=O) groups is 2. The average Bonchev–Trinajstić information content (AvgIpc) is 3.07. The molecule has 0 fully saturated rings. The summed E-state index contributed by atoms with van der Waals surface area (Å²) in [6, 6.07) is 14.0. The summed E-state index contributed by atoms with van der Waals surface area (Å²) in [5.74, 6) is -0.291. The zero-order valence-electron chi connectivity index (χ0n) is 14.4. The number of rotatable bonds is 6. The molecule has 138 valence electrons. The van der Waals surface area contributed by atoms with Crippen molar-refractivity contribution >= 4 is 49.8 Å². The molecule has 1 heterocycles. The van der Waals surface area contributed by atoms with Gasteiger partial charge in [0.15, 0.2) is 6.61 Å². The van der Waals surface area contributed by atoms with Gasteiger partial charge >= 0.3 is 0 Å². The Bertz CT molecular complexity index is 957. The number of carbonyl (C=O) groups excluding carboxylic acids is 2. The van der Waals surface area contributed by atoms with Crippen molar-refractivity contribution in [1.82, 2.24) is 4.98 Å². The lowest BCUT2D eigenvalue weighted by Crippen LogP contribution is -2.21. The molecule has 0 aliphatic rings. The first kappa shape index (κ1) is 19.1. The first-order chi connectivity index (χ1) is 13.0. The molecule has 0 aliphatic carbocycles. The quantitative estimate of drug-likeness (QED) is 0.585. The fourth-order valence-electron chi connectivity index (χ4n) is 2.25. The van der Waals surface area contributed by atoms with Gasteiger partial charge in [0.25, 0.3) is 11.8 Å². The second kappa shape index (κ2) is 8.79. The molecule has 2 amide bonds. The van der Waals surface area contributed by atoms with Crippen LogP contribution in [-0.2, 0) is 4.79 Å². The molecule has 0 radical (unpaired) electrons. The summed E-state index contributed by atoms with van der Waals surface area (Å²) in [5, 5.41) is 6.23. The Hall–Kier alpha value is -2.71. The molecule has 0 aliphatic heterocycles. The van der Waals surface area contributed by atoms with E-state index in [0.29, 0.717) is 22.0 Å². The van der Waals surface area contributed by atoms with Gasteiger partial charge in [0.05, 0.1) is 16.8 Å². The summed E-state index contributed by atoms with van der Waals surface area (Å²) in [5.41, 5.74) is 3.43. The minimum atomic E-state index is -0.314. The third kappa shape index (κ3) is 5.15. The van der Waals surface area contributed by atoms with Crippen LogP contribution in [0.1, 0.15) is 16.1 Å².